The molecule has 4 nitrogen and oxygen atoms in total. The lowest BCUT2D eigenvalue weighted by atomic mass is 10.3. The van der Waals surface area contributed by atoms with Gasteiger partial charge in [0.2, 0.25) is 0 Å². The third-order valence-corrected chi connectivity index (χ3v) is 1.43. The van der Waals surface area contributed by atoms with Crippen LogP contribution in [0, 0.1) is 11.3 Å². The average Bonchev–Trinajstić information content (AvgIpc) is 2.47. The molecule has 0 atom stereocenters. The number of nitriles is 1. The van der Waals surface area contributed by atoms with Crippen molar-refractivity contribution < 1.29 is 0 Å². The first-order chi connectivity index (χ1) is 5.42. The Morgan fingerprint density at radius 2 is 2.36 bits per heavy atom. The van der Waals surface area contributed by atoms with Gasteiger partial charge < -0.3 is 4.98 Å². The Morgan fingerprint density at radius 3 is 3.18 bits per heavy atom. The maximum atomic E-state index is 8.59. The zero-order chi connectivity index (χ0) is 7.68. The van der Waals surface area contributed by atoms with Crippen LogP contribution in [0.4, 0.5) is 0 Å². The van der Waals surface area contributed by atoms with E-state index in [1.54, 1.807) is 12.4 Å². The number of hydrogen-bond acceptors (Lipinski definition) is 3. The molecule has 4 heteroatoms. The Morgan fingerprint density at radius 1 is 1.45 bits per heavy atom. The van der Waals surface area contributed by atoms with Gasteiger partial charge in [-0.15, -0.1) is 0 Å². The van der Waals surface area contributed by atoms with Gasteiger partial charge in [0.1, 0.15) is 11.8 Å². The van der Waals surface area contributed by atoms with Crippen LogP contribution in [0.2, 0.25) is 0 Å². The van der Waals surface area contributed by atoms with Gasteiger partial charge in [0.15, 0.2) is 5.82 Å². The van der Waals surface area contributed by atoms with Gasteiger partial charge in [-0.2, -0.15) is 5.26 Å². The van der Waals surface area contributed by atoms with Crippen molar-refractivity contribution in [2.24, 2.45) is 0 Å². The minimum atomic E-state index is 0.535. The fourth-order valence-electron chi connectivity index (χ4n) is 0.929. The Hall–Kier alpha value is -1.89. The molecule has 0 radical (unpaired) electrons. The van der Waals surface area contributed by atoms with Crippen molar-refractivity contribution in [1.29, 1.82) is 5.26 Å². The summed E-state index contributed by atoms with van der Waals surface area (Å²) in [5, 5.41) is 8.59. The second-order valence-electron chi connectivity index (χ2n) is 2.07. The molecule has 1 N–H and O–H groups in total. The standard InChI is InChI=1S/C7H4N4/c8-3-5-4-11-7-6(5)9-1-2-10-7/h1-2,4,9H. The Kier molecular flexibility index (Phi) is 1.10. The van der Waals surface area contributed by atoms with Crippen LogP contribution < -0.4 is 0 Å². The van der Waals surface area contributed by atoms with E-state index in [0.717, 1.165) is 0 Å². The number of hydrogen-bond donors (Lipinski definition) is 1. The lowest BCUT2D eigenvalue weighted by molar-refractivity contribution is 1.16. The van der Waals surface area contributed by atoms with E-state index in [0.29, 0.717) is 17.1 Å². The van der Waals surface area contributed by atoms with Crippen LogP contribution >= 0.6 is 0 Å². The van der Waals surface area contributed by atoms with Crippen LogP contribution in [0.15, 0.2) is 18.6 Å². The van der Waals surface area contributed by atoms with E-state index in [2.05, 4.69) is 15.0 Å². The van der Waals surface area contributed by atoms with E-state index in [1.807, 2.05) is 6.07 Å². The summed E-state index contributed by atoms with van der Waals surface area (Å²) >= 11 is 0. The molecule has 0 spiro atoms. The van der Waals surface area contributed by atoms with Crippen LogP contribution in [0.5, 0.6) is 0 Å². The van der Waals surface area contributed by atoms with Crippen molar-refractivity contribution in [3.63, 3.8) is 0 Å². The lowest BCUT2D eigenvalue weighted by Gasteiger charge is -1.93. The molecule has 0 aromatic rings. The number of fused-ring (bicyclic) bond motifs is 1. The van der Waals surface area contributed by atoms with Gasteiger partial charge in [-0.25, -0.2) is 9.97 Å². The molecule has 0 saturated carbocycles. The molecule has 2 aliphatic heterocycles. The van der Waals surface area contributed by atoms with Crippen LogP contribution in [0.1, 0.15) is 5.56 Å². The Labute approximate surface area is 62.9 Å². The quantitative estimate of drug-likeness (QED) is 0.594. The number of H-pyrrole nitrogens is 1. The van der Waals surface area contributed by atoms with E-state index in [9.17, 15) is 0 Å². The topological polar surface area (TPSA) is 65.4 Å². The number of aromatic amines is 1. The molecule has 2 aliphatic rings. The van der Waals surface area contributed by atoms with Crippen LogP contribution in [0.3, 0.4) is 0 Å². The van der Waals surface area contributed by atoms with Crippen LogP contribution in [-0.4, -0.2) is 15.0 Å². The molecule has 2 rings (SSSR count). The van der Waals surface area contributed by atoms with Crippen molar-refractivity contribution >= 4 is 0 Å². The highest BCUT2D eigenvalue weighted by Crippen LogP contribution is 2.17. The van der Waals surface area contributed by atoms with Gasteiger partial charge in [-0.1, -0.05) is 0 Å². The second-order valence-corrected chi connectivity index (χ2v) is 2.07. The molecule has 0 aromatic carbocycles. The summed E-state index contributed by atoms with van der Waals surface area (Å²) in [6.07, 6.45) is 4.79. The number of nitrogens with one attached hydrogen (secondary N) is 1. The number of aromatic nitrogens is 3. The molecule has 2 heterocycles. The fraction of sp³-hybridized carbons (Fsp3) is 0. The summed E-state index contributed by atoms with van der Waals surface area (Å²) in [6, 6.07) is 2.02. The highest BCUT2D eigenvalue weighted by molar-refractivity contribution is 5.60. The van der Waals surface area contributed by atoms with Crippen molar-refractivity contribution in [3.05, 3.63) is 24.2 Å². The average molecular weight is 144 g/mol. The Balaban J connectivity index is 2.76. The SMILES string of the molecule is N#Cc1cnc2ncc[nH]c1-2. The monoisotopic (exact) mass is 144 g/mol. The molecule has 0 unspecified atom stereocenters. The molecule has 0 fully saturated rings. The van der Waals surface area contributed by atoms with E-state index in [1.165, 1.54) is 6.20 Å². The third kappa shape index (κ3) is 0.749. The van der Waals surface area contributed by atoms with Gasteiger partial charge in [-0.3, -0.25) is 0 Å². The minimum Gasteiger partial charge on any atom is -0.356 e. The van der Waals surface area contributed by atoms with E-state index in [4.69, 9.17) is 5.26 Å². The molecule has 0 aromatic heterocycles. The summed E-state index contributed by atoms with van der Waals surface area (Å²) in [5.74, 6) is 0.587. The first-order valence-electron chi connectivity index (χ1n) is 3.10. The van der Waals surface area contributed by atoms with Gasteiger partial charge in [0.25, 0.3) is 0 Å². The predicted octanol–water partition coefficient (Wildman–Crippen LogP) is 0.781. The van der Waals surface area contributed by atoms with Crippen molar-refractivity contribution in [2.45, 2.75) is 0 Å². The maximum Gasteiger partial charge on any atom is 0.177 e. The normalized spacial score (nSPS) is 9.73. The van der Waals surface area contributed by atoms with Gasteiger partial charge in [0.05, 0.1) is 5.56 Å². The summed E-state index contributed by atoms with van der Waals surface area (Å²) < 4.78 is 0. The maximum absolute atomic E-state index is 8.59. The molecule has 0 bridgehead atoms. The van der Waals surface area contributed by atoms with E-state index in [-0.39, 0.29) is 0 Å². The number of nitrogens with zero attached hydrogens (tertiary/aromatic N) is 3. The van der Waals surface area contributed by atoms with Crippen molar-refractivity contribution in [2.75, 3.05) is 0 Å². The first-order valence-corrected chi connectivity index (χ1v) is 3.10. The number of rotatable bonds is 0. The molecule has 11 heavy (non-hydrogen) atoms. The third-order valence-electron chi connectivity index (χ3n) is 1.43. The summed E-state index contributed by atoms with van der Waals surface area (Å²) in [6.45, 7) is 0. The van der Waals surface area contributed by atoms with Crippen LogP contribution in [-0.2, 0) is 0 Å². The summed E-state index contributed by atoms with van der Waals surface area (Å²) in [5.41, 5.74) is 1.24. The van der Waals surface area contributed by atoms with E-state index >= 15 is 0 Å². The van der Waals surface area contributed by atoms with Gasteiger partial charge >= 0.3 is 0 Å². The largest absolute Gasteiger partial charge is 0.356 e. The molecule has 0 aliphatic carbocycles. The highest BCUT2D eigenvalue weighted by Gasteiger charge is 2.10. The molecule has 0 saturated heterocycles. The summed E-state index contributed by atoms with van der Waals surface area (Å²) in [4.78, 5) is 10.8. The highest BCUT2D eigenvalue weighted by atomic mass is 14.9. The second kappa shape index (κ2) is 2.06. The first kappa shape index (κ1) is 5.86. The predicted molar refractivity (Wildman–Crippen MR) is 37.7 cm³/mol. The van der Waals surface area contributed by atoms with Crippen molar-refractivity contribution in [3.8, 4) is 17.6 Å². The zero-order valence-corrected chi connectivity index (χ0v) is 5.57. The lowest BCUT2D eigenvalue weighted by Crippen LogP contribution is -1.86. The molecular weight excluding hydrogens is 140 g/mol. The summed E-state index contributed by atoms with van der Waals surface area (Å²) in [7, 11) is 0. The van der Waals surface area contributed by atoms with Gasteiger partial charge in [-0.05, 0) is 0 Å². The molecular formula is C7H4N4. The smallest absolute Gasteiger partial charge is 0.177 e. The molecule has 0 amide bonds. The van der Waals surface area contributed by atoms with Crippen molar-refractivity contribution in [1.82, 2.24) is 15.0 Å². The minimum absolute atomic E-state index is 0.535. The van der Waals surface area contributed by atoms with Gasteiger partial charge in [0, 0.05) is 18.6 Å². The fourth-order valence-corrected chi connectivity index (χ4v) is 0.929. The molecule has 52 valence electrons. The zero-order valence-electron chi connectivity index (χ0n) is 5.57. The Bertz CT molecular complexity index is 384. The van der Waals surface area contributed by atoms with Crippen LogP contribution in [0.25, 0.3) is 11.5 Å². The van der Waals surface area contributed by atoms with E-state index < -0.39 is 0 Å².